The summed E-state index contributed by atoms with van der Waals surface area (Å²) in [4.78, 5) is 23.3. The molecular weight excluding hydrogens is 320 g/mol. The maximum Gasteiger partial charge on any atom is 0.329 e. The van der Waals surface area contributed by atoms with Crippen molar-refractivity contribution in [3.8, 4) is 0 Å². The monoisotopic (exact) mass is 334 g/mol. The highest BCUT2D eigenvalue weighted by Gasteiger charge is 2.29. The molecule has 0 saturated heterocycles. The van der Waals surface area contributed by atoms with Crippen molar-refractivity contribution < 1.29 is 19.8 Å². The van der Waals surface area contributed by atoms with Crippen molar-refractivity contribution in [2.24, 2.45) is 0 Å². The number of amides is 2. The van der Waals surface area contributed by atoms with Gasteiger partial charge in [-0.3, -0.25) is 0 Å². The maximum absolute atomic E-state index is 11.9. The van der Waals surface area contributed by atoms with Gasteiger partial charge >= 0.3 is 12.0 Å². The van der Waals surface area contributed by atoms with Crippen LogP contribution in [-0.4, -0.2) is 28.3 Å². The van der Waals surface area contributed by atoms with Crippen molar-refractivity contribution >= 4 is 29.3 Å². The second-order valence-electron chi connectivity index (χ2n) is 4.78. The summed E-state index contributed by atoms with van der Waals surface area (Å²) in [5.74, 6) is -1.34. The number of carbonyl (C=O) groups excluding carboxylic acids is 1. The van der Waals surface area contributed by atoms with E-state index in [9.17, 15) is 19.8 Å². The summed E-state index contributed by atoms with van der Waals surface area (Å²) in [7, 11) is 0. The van der Waals surface area contributed by atoms with E-state index >= 15 is 0 Å². The van der Waals surface area contributed by atoms with Gasteiger partial charge in [0.05, 0.1) is 0 Å². The first-order chi connectivity index (χ1) is 11.0. The van der Waals surface area contributed by atoms with Crippen LogP contribution in [0.1, 0.15) is 11.7 Å². The summed E-state index contributed by atoms with van der Waals surface area (Å²) in [6, 6.07) is 12.4. The first-order valence-electron chi connectivity index (χ1n) is 6.76. The molecule has 0 aliphatic carbocycles. The number of urea groups is 1. The zero-order valence-electron chi connectivity index (χ0n) is 11.9. The Kier molecular flexibility index (Phi) is 5.56. The van der Waals surface area contributed by atoms with E-state index in [1.54, 1.807) is 48.5 Å². The number of carboxylic acid groups (broad SMARTS) is 1. The quantitative estimate of drug-likeness (QED) is 0.675. The predicted molar refractivity (Wildman–Crippen MR) is 86.4 cm³/mol. The SMILES string of the molecule is O=C(Nc1cccc(Cl)c1)NC(C(=O)O)C(O)c1ccccc1. The summed E-state index contributed by atoms with van der Waals surface area (Å²) in [6.45, 7) is 0. The largest absolute Gasteiger partial charge is 0.480 e. The fraction of sp³-hybridized carbons (Fsp3) is 0.125. The number of aliphatic hydroxyl groups is 1. The van der Waals surface area contributed by atoms with E-state index in [-0.39, 0.29) is 0 Å². The highest BCUT2D eigenvalue weighted by Crippen LogP contribution is 2.18. The Morgan fingerprint density at radius 1 is 1.04 bits per heavy atom. The van der Waals surface area contributed by atoms with E-state index in [1.165, 1.54) is 6.07 Å². The molecule has 2 aromatic carbocycles. The van der Waals surface area contributed by atoms with Crippen LogP contribution in [0, 0.1) is 0 Å². The third-order valence-corrected chi connectivity index (χ3v) is 3.33. The summed E-state index contributed by atoms with van der Waals surface area (Å²) in [5, 5.41) is 24.5. The summed E-state index contributed by atoms with van der Waals surface area (Å²) >= 11 is 5.81. The Hall–Kier alpha value is -2.57. The van der Waals surface area contributed by atoms with Crippen LogP contribution in [0.15, 0.2) is 54.6 Å². The van der Waals surface area contributed by atoms with Gasteiger partial charge in [-0.2, -0.15) is 0 Å². The van der Waals surface area contributed by atoms with Gasteiger partial charge < -0.3 is 20.8 Å². The summed E-state index contributed by atoms with van der Waals surface area (Å²) in [5.41, 5.74) is 0.802. The average Bonchev–Trinajstić information content (AvgIpc) is 2.52. The smallest absolute Gasteiger partial charge is 0.329 e. The molecule has 4 N–H and O–H groups in total. The van der Waals surface area contributed by atoms with Gasteiger partial charge in [0.15, 0.2) is 6.04 Å². The van der Waals surface area contributed by atoms with Gasteiger partial charge in [-0.15, -0.1) is 0 Å². The molecule has 6 nitrogen and oxygen atoms in total. The van der Waals surface area contributed by atoms with E-state index in [4.69, 9.17) is 11.6 Å². The minimum atomic E-state index is -1.49. The number of anilines is 1. The van der Waals surface area contributed by atoms with Crippen molar-refractivity contribution in [1.29, 1.82) is 0 Å². The zero-order valence-corrected chi connectivity index (χ0v) is 12.7. The van der Waals surface area contributed by atoms with Gasteiger partial charge in [-0.05, 0) is 23.8 Å². The van der Waals surface area contributed by atoms with Crippen LogP contribution in [0.25, 0.3) is 0 Å². The highest BCUT2D eigenvalue weighted by molar-refractivity contribution is 6.30. The van der Waals surface area contributed by atoms with Crippen LogP contribution in [0.5, 0.6) is 0 Å². The molecule has 0 aromatic heterocycles. The number of rotatable bonds is 5. The number of aliphatic carboxylic acids is 1. The maximum atomic E-state index is 11.9. The third-order valence-electron chi connectivity index (χ3n) is 3.09. The molecule has 23 heavy (non-hydrogen) atoms. The summed E-state index contributed by atoms with van der Waals surface area (Å²) < 4.78 is 0. The van der Waals surface area contributed by atoms with Gasteiger partial charge in [0.1, 0.15) is 6.10 Å². The number of carboxylic acids is 1. The van der Waals surface area contributed by atoms with Gasteiger partial charge in [0.25, 0.3) is 0 Å². The van der Waals surface area contributed by atoms with E-state index in [1.807, 2.05) is 0 Å². The number of nitrogens with one attached hydrogen (secondary N) is 2. The lowest BCUT2D eigenvalue weighted by molar-refractivity contribution is -0.142. The number of hydrogen-bond donors (Lipinski definition) is 4. The van der Waals surface area contributed by atoms with Crippen molar-refractivity contribution in [1.82, 2.24) is 5.32 Å². The second kappa shape index (κ2) is 7.62. The molecule has 2 aromatic rings. The topological polar surface area (TPSA) is 98.7 Å². The number of carbonyl (C=O) groups is 2. The number of halogens is 1. The number of benzene rings is 2. The Labute approximate surface area is 137 Å². The Balaban J connectivity index is 2.07. The van der Waals surface area contributed by atoms with Crippen LogP contribution < -0.4 is 10.6 Å². The molecule has 7 heteroatoms. The predicted octanol–water partition coefficient (Wildman–Crippen LogP) is 2.65. The number of aliphatic hydroxyl groups excluding tert-OH is 1. The first-order valence-corrected chi connectivity index (χ1v) is 7.14. The molecule has 0 spiro atoms. The summed E-state index contributed by atoms with van der Waals surface area (Å²) in [6.07, 6.45) is -1.38. The Bertz CT molecular complexity index is 693. The zero-order chi connectivity index (χ0) is 16.8. The van der Waals surface area contributed by atoms with Crippen molar-refractivity contribution in [3.05, 3.63) is 65.2 Å². The molecular formula is C16H15ClN2O4. The molecule has 0 saturated carbocycles. The van der Waals surface area contributed by atoms with E-state index in [2.05, 4.69) is 10.6 Å². The van der Waals surface area contributed by atoms with Crippen LogP contribution in [0.4, 0.5) is 10.5 Å². The number of hydrogen-bond acceptors (Lipinski definition) is 3. The molecule has 0 aliphatic rings. The van der Waals surface area contributed by atoms with Crippen LogP contribution >= 0.6 is 11.6 Å². The minimum absolute atomic E-state index is 0.392. The van der Waals surface area contributed by atoms with Gasteiger partial charge in [0.2, 0.25) is 0 Å². The second-order valence-corrected chi connectivity index (χ2v) is 5.22. The molecule has 0 fully saturated rings. The standard InChI is InChI=1S/C16H15ClN2O4/c17-11-7-4-8-12(9-11)18-16(23)19-13(15(21)22)14(20)10-5-2-1-3-6-10/h1-9,13-14,20H,(H,21,22)(H2,18,19,23). The highest BCUT2D eigenvalue weighted by atomic mass is 35.5. The molecule has 2 amide bonds. The first kappa shape index (κ1) is 16.8. The van der Waals surface area contributed by atoms with E-state index < -0.39 is 24.1 Å². The van der Waals surface area contributed by atoms with Crippen molar-refractivity contribution in [2.75, 3.05) is 5.32 Å². The van der Waals surface area contributed by atoms with E-state index in [0.29, 0.717) is 16.3 Å². The van der Waals surface area contributed by atoms with Crippen molar-refractivity contribution in [2.45, 2.75) is 12.1 Å². The Morgan fingerprint density at radius 3 is 2.35 bits per heavy atom. The molecule has 2 unspecified atom stereocenters. The normalized spacial score (nSPS) is 13.0. The molecule has 120 valence electrons. The van der Waals surface area contributed by atoms with Crippen LogP contribution in [0.2, 0.25) is 5.02 Å². The fourth-order valence-electron chi connectivity index (χ4n) is 1.99. The lowest BCUT2D eigenvalue weighted by Crippen LogP contribution is -2.46. The van der Waals surface area contributed by atoms with Gasteiger partial charge in [0, 0.05) is 10.7 Å². The van der Waals surface area contributed by atoms with E-state index in [0.717, 1.165) is 0 Å². The minimum Gasteiger partial charge on any atom is -0.480 e. The molecule has 2 rings (SSSR count). The third kappa shape index (κ3) is 4.70. The van der Waals surface area contributed by atoms with Gasteiger partial charge in [-0.25, -0.2) is 9.59 Å². The molecule has 0 bridgehead atoms. The van der Waals surface area contributed by atoms with Gasteiger partial charge in [-0.1, -0.05) is 48.0 Å². The molecule has 0 heterocycles. The fourth-order valence-corrected chi connectivity index (χ4v) is 2.18. The lowest BCUT2D eigenvalue weighted by Gasteiger charge is -2.21. The molecule has 2 atom stereocenters. The average molecular weight is 335 g/mol. The van der Waals surface area contributed by atoms with Crippen LogP contribution in [-0.2, 0) is 4.79 Å². The Morgan fingerprint density at radius 2 is 1.74 bits per heavy atom. The van der Waals surface area contributed by atoms with Crippen LogP contribution in [0.3, 0.4) is 0 Å². The molecule has 0 radical (unpaired) electrons. The van der Waals surface area contributed by atoms with Crippen molar-refractivity contribution in [3.63, 3.8) is 0 Å². The lowest BCUT2D eigenvalue weighted by atomic mass is 10.0. The molecule has 0 aliphatic heterocycles.